The van der Waals surface area contributed by atoms with Gasteiger partial charge in [0.15, 0.2) is 0 Å². The molecule has 0 aliphatic heterocycles. The van der Waals surface area contributed by atoms with Crippen molar-refractivity contribution in [3.8, 4) is 0 Å². The first-order valence-electron chi connectivity index (χ1n) is 6.87. The highest BCUT2D eigenvalue weighted by atomic mass is 27.2. The van der Waals surface area contributed by atoms with E-state index < -0.39 is 14.1 Å². The van der Waals surface area contributed by atoms with Crippen molar-refractivity contribution in [1.82, 2.24) is 0 Å². The van der Waals surface area contributed by atoms with E-state index in [1.807, 2.05) is 0 Å². The first-order chi connectivity index (χ1) is 7.42. The van der Waals surface area contributed by atoms with Crippen LogP contribution in [0.15, 0.2) is 0 Å². The molecule has 0 aromatic rings. The third-order valence-electron chi connectivity index (χ3n) is 4.55. The Balaban J connectivity index is 1.91. The van der Waals surface area contributed by atoms with Gasteiger partial charge in [0, 0.05) is 5.15 Å². The second-order valence-electron chi connectivity index (χ2n) is 5.51. The predicted octanol–water partition coefficient (Wildman–Crippen LogP) is 3.92. The molecule has 1 nitrogen and oxygen atoms in total. The molecule has 0 saturated heterocycles. The van der Waals surface area contributed by atoms with E-state index in [0.29, 0.717) is 0 Å². The van der Waals surface area contributed by atoms with Crippen molar-refractivity contribution in [2.75, 3.05) is 0 Å². The van der Waals surface area contributed by atoms with Crippen LogP contribution in [-0.4, -0.2) is 19.3 Å². The quantitative estimate of drug-likeness (QED) is 0.522. The molecular formula is C13H23AlO. The standard InChI is InChI=1S/2C6H11.CHO.Al/c2*1-2-4-6-5-3-1;1-2;/h2*1H,2-6H2;1H;. The molecular weight excluding hydrogens is 199 g/mol. The van der Waals surface area contributed by atoms with E-state index in [1.54, 1.807) is 0 Å². The van der Waals surface area contributed by atoms with Gasteiger partial charge in [-0.15, -0.1) is 0 Å². The number of hydrogen-bond acceptors (Lipinski definition) is 1. The van der Waals surface area contributed by atoms with Crippen LogP contribution in [0.4, 0.5) is 0 Å². The Kier molecular flexibility index (Phi) is 4.72. The molecule has 2 aliphatic carbocycles. The number of carbonyl (C=O) groups excluding carboxylic acids is 1. The first-order valence-corrected chi connectivity index (χ1v) is 8.87. The summed E-state index contributed by atoms with van der Waals surface area (Å²) in [5.41, 5.74) is 0. The van der Waals surface area contributed by atoms with Crippen LogP contribution in [0.5, 0.6) is 0 Å². The van der Waals surface area contributed by atoms with Gasteiger partial charge in [0.2, 0.25) is 0 Å². The minimum Gasteiger partial charge on any atom is -0.324 e. The van der Waals surface area contributed by atoms with E-state index in [0.717, 1.165) is 9.56 Å². The Labute approximate surface area is 98.0 Å². The summed E-state index contributed by atoms with van der Waals surface area (Å²) in [7, 11) is 0. The van der Waals surface area contributed by atoms with Gasteiger partial charge >= 0.3 is 14.1 Å². The topological polar surface area (TPSA) is 17.1 Å². The molecule has 2 rings (SSSR count). The fourth-order valence-corrected chi connectivity index (χ4v) is 7.34. The Morgan fingerprint density at radius 3 is 1.47 bits per heavy atom. The maximum atomic E-state index is 11.4. The molecule has 0 unspecified atom stereocenters. The average molecular weight is 222 g/mol. The third kappa shape index (κ3) is 3.08. The number of hydrogen-bond donors (Lipinski definition) is 0. The Hall–Kier alpha value is 0.202. The van der Waals surface area contributed by atoms with Crippen molar-refractivity contribution in [2.24, 2.45) is 0 Å². The minimum absolute atomic E-state index is 0.874. The molecule has 0 bridgehead atoms. The van der Waals surface area contributed by atoms with Crippen molar-refractivity contribution in [3.05, 3.63) is 0 Å². The molecule has 84 valence electrons. The average Bonchev–Trinajstić information content (AvgIpc) is 2.33. The fraction of sp³-hybridized carbons (Fsp3) is 0.923. The molecule has 0 aromatic heterocycles. The zero-order chi connectivity index (χ0) is 10.5. The lowest BCUT2D eigenvalue weighted by atomic mass is 9.99. The highest BCUT2D eigenvalue weighted by Crippen LogP contribution is 2.40. The van der Waals surface area contributed by atoms with Crippen molar-refractivity contribution < 1.29 is 4.79 Å². The van der Waals surface area contributed by atoms with E-state index in [9.17, 15) is 4.79 Å². The van der Waals surface area contributed by atoms with Crippen LogP contribution in [0.25, 0.3) is 0 Å². The van der Waals surface area contributed by atoms with Gasteiger partial charge in [-0.1, -0.05) is 73.8 Å². The molecule has 0 radical (unpaired) electrons. The van der Waals surface area contributed by atoms with E-state index in [2.05, 4.69) is 0 Å². The molecule has 0 amide bonds. The van der Waals surface area contributed by atoms with E-state index >= 15 is 0 Å². The molecule has 0 N–H and O–H groups in total. The van der Waals surface area contributed by atoms with Crippen molar-refractivity contribution in [3.63, 3.8) is 0 Å². The van der Waals surface area contributed by atoms with Crippen LogP contribution in [0.2, 0.25) is 9.56 Å². The first kappa shape index (κ1) is 11.7. The molecule has 0 spiro atoms. The smallest absolute Gasteiger partial charge is 0.324 e. The Morgan fingerprint density at radius 2 is 1.13 bits per heavy atom. The van der Waals surface area contributed by atoms with Crippen molar-refractivity contribution in [2.45, 2.75) is 73.8 Å². The van der Waals surface area contributed by atoms with E-state index in [1.165, 1.54) is 69.4 Å². The Bertz CT molecular complexity index is 175. The maximum Gasteiger partial charge on any atom is 0.366 e. The number of rotatable bonds is 3. The van der Waals surface area contributed by atoms with Gasteiger partial charge in [0.25, 0.3) is 0 Å². The number of carbonyl (C=O) groups is 1. The maximum absolute atomic E-state index is 11.4. The van der Waals surface area contributed by atoms with Crippen LogP contribution in [0, 0.1) is 0 Å². The summed E-state index contributed by atoms with van der Waals surface area (Å²) in [4.78, 5) is 11.4. The van der Waals surface area contributed by atoms with E-state index in [-0.39, 0.29) is 0 Å². The van der Waals surface area contributed by atoms with Gasteiger partial charge in [-0.2, -0.15) is 0 Å². The summed E-state index contributed by atoms with van der Waals surface area (Å²) in [6, 6.07) is 0. The van der Waals surface area contributed by atoms with Crippen LogP contribution >= 0.6 is 0 Å². The SMILES string of the molecule is O=[CH][Al]([CH]1CCCCC1)[CH]1CCCCC1. The zero-order valence-electron chi connectivity index (χ0n) is 9.79. The van der Waals surface area contributed by atoms with Gasteiger partial charge in [-0.05, 0) is 0 Å². The molecule has 2 aliphatic rings. The Morgan fingerprint density at radius 1 is 0.733 bits per heavy atom. The third-order valence-corrected chi connectivity index (χ3v) is 8.37. The highest BCUT2D eigenvalue weighted by Gasteiger charge is 2.37. The minimum atomic E-state index is -1.06. The van der Waals surface area contributed by atoms with Gasteiger partial charge in [-0.3, -0.25) is 0 Å². The lowest BCUT2D eigenvalue weighted by molar-refractivity contribution is 0.463. The monoisotopic (exact) mass is 222 g/mol. The zero-order valence-corrected chi connectivity index (χ0v) is 10.9. The lowest BCUT2D eigenvalue weighted by Gasteiger charge is -2.31. The second-order valence-corrected chi connectivity index (χ2v) is 8.82. The van der Waals surface area contributed by atoms with Crippen LogP contribution < -0.4 is 0 Å². The molecule has 0 aromatic carbocycles. The van der Waals surface area contributed by atoms with E-state index in [4.69, 9.17) is 0 Å². The van der Waals surface area contributed by atoms with Crippen LogP contribution in [0.3, 0.4) is 0 Å². The normalized spacial score (nSPS) is 25.1. The highest BCUT2D eigenvalue weighted by molar-refractivity contribution is 6.86. The largest absolute Gasteiger partial charge is 0.366 e. The second kappa shape index (κ2) is 6.07. The molecule has 2 saturated carbocycles. The molecule has 0 heterocycles. The molecule has 2 heteroatoms. The summed E-state index contributed by atoms with van der Waals surface area (Å²) >= 11 is -1.06. The summed E-state index contributed by atoms with van der Waals surface area (Å²) in [6.45, 7) is 0. The molecule has 0 atom stereocenters. The summed E-state index contributed by atoms with van der Waals surface area (Å²) in [5, 5.41) is 1.44. The van der Waals surface area contributed by atoms with Gasteiger partial charge in [0.05, 0.1) is 0 Å². The van der Waals surface area contributed by atoms with Crippen molar-refractivity contribution >= 4 is 19.3 Å². The predicted molar refractivity (Wildman–Crippen MR) is 66.2 cm³/mol. The fourth-order valence-electron chi connectivity index (χ4n) is 3.65. The van der Waals surface area contributed by atoms with Crippen LogP contribution in [0.1, 0.15) is 64.2 Å². The summed E-state index contributed by atoms with van der Waals surface area (Å²) in [6.07, 6.45) is 14.0. The summed E-state index contributed by atoms with van der Waals surface area (Å²) < 4.78 is 1.75. The van der Waals surface area contributed by atoms with Gasteiger partial charge < -0.3 is 4.79 Å². The summed E-state index contributed by atoms with van der Waals surface area (Å²) in [5.74, 6) is 0. The van der Waals surface area contributed by atoms with Crippen molar-refractivity contribution in [1.29, 1.82) is 0 Å². The lowest BCUT2D eigenvalue weighted by Crippen LogP contribution is -2.31. The molecule has 2 fully saturated rings. The van der Waals surface area contributed by atoms with Crippen LogP contribution in [-0.2, 0) is 4.79 Å². The van der Waals surface area contributed by atoms with Gasteiger partial charge in [-0.25, -0.2) is 0 Å². The van der Waals surface area contributed by atoms with Gasteiger partial charge in [0.1, 0.15) is 0 Å². The molecule has 15 heavy (non-hydrogen) atoms.